The molecule has 4 heteroatoms. The predicted molar refractivity (Wildman–Crippen MR) is 21.9 cm³/mol. The Morgan fingerprint density at radius 1 is 1.00 bits per heavy atom. The summed E-state index contributed by atoms with van der Waals surface area (Å²) >= 11 is 1.86. The second kappa shape index (κ2) is 4.24. The van der Waals surface area contributed by atoms with Gasteiger partial charge in [-0.25, -0.2) is 0 Å². The molecule has 0 fully saturated rings. The minimum absolute atomic E-state index is 0.931. The molecule has 2 nitrogen and oxygen atoms in total. The van der Waals surface area contributed by atoms with E-state index in [-0.39, 0.29) is 0 Å². The Hall–Kier alpha value is 1.24. The quantitative estimate of drug-likeness (QED) is 0.381. The van der Waals surface area contributed by atoms with Gasteiger partial charge in [0.1, 0.15) is 0 Å². The van der Waals surface area contributed by atoms with E-state index in [1.165, 1.54) is 0 Å². The SMILES string of the molecule is [SbH2][N]=[N][SbH2]. The predicted octanol–water partition coefficient (Wildman–Crippen LogP) is -1.47. The van der Waals surface area contributed by atoms with Crippen molar-refractivity contribution in [3.8, 4) is 0 Å². The van der Waals surface area contributed by atoms with Crippen molar-refractivity contribution in [2.45, 2.75) is 0 Å². The molecule has 0 aromatic rings. The van der Waals surface area contributed by atoms with Gasteiger partial charge in [0.05, 0.1) is 0 Å². The Kier molecular flexibility index (Phi) is 5.55. The summed E-state index contributed by atoms with van der Waals surface area (Å²) in [6.07, 6.45) is 0. The van der Waals surface area contributed by atoms with Crippen molar-refractivity contribution in [1.29, 1.82) is 0 Å². The molecule has 0 atom stereocenters. The molecule has 0 radical (unpaired) electrons. The molecule has 0 saturated carbocycles. The van der Waals surface area contributed by atoms with Gasteiger partial charge in [-0.2, -0.15) is 0 Å². The third kappa shape index (κ3) is 3.24. The Morgan fingerprint density at radius 3 is 1.25 bits per heavy atom. The van der Waals surface area contributed by atoms with Crippen molar-refractivity contribution in [2.75, 3.05) is 0 Å². The van der Waals surface area contributed by atoms with E-state index in [4.69, 9.17) is 0 Å². The van der Waals surface area contributed by atoms with E-state index in [1.54, 1.807) is 0 Å². The zero-order valence-electron chi connectivity index (χ0n) is 2.05. The van der Waals surface area contributed by atoms with E-state index >= 15 is 0 Å². The monoisotopic (exact) mass is 274 g/mol. The second-order valence-electron chi connectivity index (χ2n) is 0.231. The molecule has 0 aromatic carbocycles. The molecular weight excluding hydrogens is 272 g/mol. The summed E-state index contributed by atoms with van der Waals surface area (Å²) in [7, 11) is 0. The summed E-state index contributed by atoms with van der Waals surface area (Å²) in [4.78, 5) is 0. The summed E-state index contributed by atoms with van der Waals surface area (Å²) < 4.78 is 7.10. The Morgan fingerprint density at radius 2 is 1.25 bits per heavy atom. The summed E-state index contributed by atoms with van der Waals surface area (Å²) in [6.45, 7) is 0. The van der Waals surface area contributed by atoms with Crippen LogP contribution in [-0.2, 0) is 0 Å². The first-order chi connectivity index (χ1) is 1.91. The van der Waals surface area contributed by atoms with Crippen LogP contribution in [0, 0.1) is 0 Å². The van der Waals surface area contributed by atoms with Crippen LogP contribution in [0.3, 0.4) is 0 Å². The van der Waals surface area contributed by atoms with Gasteiger partial charge in [-0.1, -0.05) is 0 Å². The average molecular weight is 276 g/mol. The first-order valence-electron chi connectivity index (χ1n) is 0.716. The topological polar surface area (TPSA) is 24.7 Å². The summed E-state index contributed by atoms with van der Waals surface area (Å²) in [5.41, 5.74) is 0. The van der Waals surface area contributed by atoms with Crippen LogP contribution in [0.5, 0.6) is 0 Å². The van der Waals surface area contributed by atoms with Gasteiger partial charge in [0, 0.05) is 0 Å². The van der Waals surface area contributed by atoms with Crippen molar-refractivity contribution >= 4 is 46.6 Å². The van der Waals surface area contributed by atoms with Crippen LogP contribution >= 0.6 is 0 Å². The molecule has 24 valence electrons. The van der Waals surface area contributed by atoms with E-state index in [9.17, 15) is 0 Å². The molecule has 0 aliphatic carbocycles. The Labute approximate surface area is 52.8 Å². The maximum atomic E-state index is 3.55. The molecule has 0 aromatic heterocycles. The van der Waals surface area contributed by atoms with Crippen LogP contribution in [-0.4, -0.2) is 46.6 Å². The van der Waals surface area contributed by atoms with E-state index in [0.29, 0.717) is 0 Å². The van der Waals surface area contributed by atoms with Gasteiger partial charge >= 0.3 is 53.1 Å². The van der Waals surface area contributed by atoms with Crippen molar-refractivity contribution in [3.63, 3.8) is 0 Å². The van der Waals surface area contributed by atoms with Crippen LogP contribution in [0.1, 0.15) is 0 Å². The van der Waals surface area contributed by atoms with Crippen LogP contribution in [0.25, 0.3) is 0 Å². The van der Waals surface area contributed by atoms with Gasteiger partial charge in [-0.3, -0.25) is 0 Å². The zero-order valence-corrected chi connectivity index (χ0v) is 8.64. The fraction of sp³-hybridized carbons (Fsp3) is 0. The molecule has 0 aliphatic heterocycles. The Balaban J connectivity index is 2.55. The van der Waals surface area contributed by atoms with Gasteiger partial charge in [-0.05, 0) is 0 Å². The number of hydrogen-bond acceptors (Lipinski definition) is 2. The van der Waals surface area contributed by atoms with Gasteiger partial charge in [0.2, 0.25) is 0 Å². The van der Waals surface area contributed by atoms with Gasteiger partial charge in [-0.15, -0.1) is 0 Å². The van der Waals surface area contributed by atoms with Crippen LogP contribution < -0.4 is 0 Å². The molecule has 0 aliphatic rings. The van der Waals surface area contributed by atoms with Gasteiger partial charge < -0.3 is 0 Å². The molecule has 0 unspecified atom stereocenters. The summed E-state index contributed by atoms with van der Waals surface area (Å²) in [5, 5.41) is 0. The number of hydrogen-bond donors (Lipinski definition) is 0. The molecule has 0 N–H and O–H groups in total. The molecule has 0 saturated heterocycles. The third-order valence-corrected chi connectivity index (χ3v) is 3.00. The Bertz CT molecular complexity index is 19.2. The molecule has 0 heterocycles. The van der Waals surface area contributed by atoms with Crippen molar-refractivity contribution in [3.05, 3.63) is 0 Å². The second-order valence-corrected chi connectivity index (χ2v) is 1.55. The fourth-order valence-corrected chi connectivity index (χ4v) is 0. The van der Waals surface area contributed by atoms with Crippen molar-refractivity contribution in [1.82, 2.24) is 0 Å². The maximum absolute atomic E-state index is 3.55. The zero-order chi connectivity index (χ0) is 3.41. The first-order valence-corrected chi connectivity index (χ1v) is 3.66. The standard InChI is InChI=1S/N2.2Sb.4H/c1-2;;;;;;/q-2;2*+1;;;;. The van der Waals surface area contributed by atoms with Crippen molar-refractivity contribution < 1.29 is 0 Å². The average Bonchev–Trinajstić information content (AvgIpc) is 1.37. The van der Waals surface area contributed by atoms with Gasteiger partial charge in [0.15, 0.2) is 0 Å². The third-order valence-electron chi connectivity index (χ3n) is 0.0667. The van der Waals surface area contributed by atoms with E-state index in [0.717, 1.165) is 46.6 Å². The minimum atomic E-state index is 0.931. The van der Waals surface area contributed by atoms with Crippen LogP contribution in [0.2, 0.25) is 0 Å². The van der Waals surface area contributed by atoms with E-state index < -0.39 is 0 Å². The van der Waals surface area contributed by atoms with E-state index in [1.807, 2.05) is 0 Å². The molecule has 0 bridgehead atoms. The summed E-state index contributed by atoms with van der Waals surface area (Å²) in [6, 6.07) is 0. The molecule has 4 heavy (non-hydrogen) atoms. The van der Waals surface area contributed by atoms with Gasteiger partial charge in [0.25, 0.3) is 0 Å². The summed E-state index contributed by atoms with van der Waals surface area (Å²) in [5.74, 6) is 0. The van der Waals surface area contributed by atoms with Crippen molar-refractivity contribution in [2.24, 2.45) is 6.55 Å². The fourth-order valence-electron chi connectivity index (χ4n) is 0. The molecular formula is H4N2Sb2. The normalized spacial score (nSPS) is 9.50. The van der Waals surface area contributed by atoms with Crippen LogP contribution in [0.15, 0.2) is 6.55 Å². The number of rotatable bonds is 0. The molecule has 0 amide bonds. The first kappa shape index (κ1) is 5.24. The van der Waals surface area contributed by atoms with Crippen LogP contribution in [0.4, 0.5) is 0 Å². The number of nitrogens with zero attached hydrogens (tertiary/aromatic N) is 2. The van der Waals surface area contributed by atoms with E-state index in [2.05, 4.69) is 6.55 Å². The molecule has 0 rings (SSSR count). The molecule has 0 spiro atoms.